The van der Waals surface area contributed by atoms with Gasteiger partial charge in [-0.15, -0.1) is 0 Å². The number of nitrogens with zero attached hydrogens (tertiary/aromatic N) is 8. The summed E-state index contributed by atoms with van der Waals surface area (Å²) in [7, 11) is 7.48. The van der Waals surface area contributed by atoms with E-state index in [9.17, 15) is 38.4 Å². The van der Waals surface area contributed by atoms with Crippen molar-refractivity contribution in [3.05, 3.63) is 200 Å². The molecule has 8 amide bonds. The summed E-state index contributed by atoms with van der Waals surface area (Å²) in [6.07, 6.45) is 24.0. The Hall–Kier alpha value is -9.58. The van der Waals surface area contributed by atoms with E-state index in [1.165, 1.54) is 89.1 Å². The van der Waals surface area contributed by atoms with Crippen LogP contribution in [0.1, 0.15) is 288 Å². The Labute approximate surface area is 809 Å². The first-order valence-corrected chi connectivity index (χ1v) is 52.4. The fraction of sp³-hybridized carbons (Fsp3) is 0.607. The molecule has 12 aliphatic rings. The van der Waals surface area contributed by atoms with Crippen LogP contribution in [0.2, 0.25) is 0 Å². The summed E-state index contributed by atoms with van der Waals surface area (Å²) in [5.41, 5.74) is 24.3. The van der Waals surface area contributed by atoms with Crippen LogP contribution >= 0.6 is 0 Å². The fourth-order valence-corrected chi connectivity index (χ4v) is 25.6. The average molecular weight is 1840 g/mol. The third kappa shape index (κ3) is 24.1. The molecule has 4 fully saturated rings. The normalized spacial score (nSPS) is 24.4. The molecule has 18 nitrogen and oxygen atoms in total. The van der Waals surface area contributed by atoms with Gasteiger partial charge >= 0.3 is 12.2 Å². The fourth-order valence-electron chi connectivity index (χ4n) is 25.6. The van der Waals surface area contributed by atoms with Crippen LogP contribution in [0, 0.1) is 76.4 Å². The molecule has 5 aromatic carbocycles. The lowest BCUT2D eigenvalue weighted by molar-refractivity contribution is -0.140. The summed E-state index contributed by atoms with van der Waals surface area (Å²) >= 11 is 0. The number of hydrogen-bond acceptors (Lipinski definition) is 10. The molecule has 0 spiro atoms. The summed E-state index contributed by atoms with van der Waals surface area (Å²) in [6.45, 7) is 36.8. The van der Waals surface area contributed by atoms with Crippen molar-refractivity contribution >= 4 is 69.9 Å². The van der Waals surface area contributed by atoms with Gasteiger partial charge in [-0.25, -0.2) is 9.59 Å². The highest BCUT2D eigenvalue weighted by molar-refractivity contribution is 5.89. The number of rotatable bonds is 21. The molecule has 0 aromatic heterocycles. The molecule has 8 aliphatic carbocycles. The van der Waals surface area contributed by atoms with Crippen molar-refractivity contribution in [3.8, 4) is 0 Å². The van der Waals surface area contributed by atoms with E-state index >= 15 is 0 Å². The molecule has 18 heteroatoms. The maximum absolute atomic E-state index is 13.8. The number of benzene rings is 5. The molecular weight excluding hydrogens is 1680 g/mol. The maximum Gasteiger partial charge on any atom is 0.409 e. The van der Waals surface area contributed by atoms with Crippen LogP contribution in [-0.4, -0.2) is 198 Å². The van der Waals surface area contributed by atoms with Crippen LogP contribution in [0.15, 0.2) is 150 Å². The highest BCUT2D eigenvalue weighted by Gasteiger charge is 2.47. The van der Waals surface area contributed by atoms with Gasteiger partial charge in [-0.05, 0) is 315 Å². The smallest absolute Gasteiger partial charge is 0.409 e. The van der Waals surface area contributed by atoms with Gasteiger partial charge in [0.15, 0.2) is 0 Å². The van der Waals surface area contributed by atoms with Gasteiger partial charge in [0.05, 0.1) is 30.3 Å². The molecule has 0 bridgehead atoms. The summed E-state index contributed by atoms with van der Waals surface area (Å²) < 4.78 is 10.8. The predicted octanol–water partition coefficient (Wildman–Crippen LogP) is 22.7. The zero-order valence-electron chi connectivity index (χ0n) is 85.3. The van der Waals surface area contributed by atoms with E-state index in [-0.39, 0.29) is 83.4 Å². The SMILES string of the molecule is CC(C)C1C2=C(CCN1C(=O)C1CCC(CN(C)C(=O)CC(C)(C)C)CC1)c1ccccc1C2.CC(C)C1C2=C(CCN1C(=O)C1CCC(CN(C)C(=O)OCc3ccccc3)CC1)c1ccccc1C2.CC(C)OC(=O)N(C)CC1CCC(C(=O)N2CCC3=C(Cc4ccccc43)C2C(C)C)CC1.CCC(=O)N(C)CC1CCC(C(=O)N2CCC3=C(Cc4ccccc43)C2C(C)C)CC1. The van der Waals surface area contributed by atoms with Gasteiger partial charge in [-0.2, -0.15) is 0 Å². The van der Waals surface area contributed by atoms with E-state index in [1.807, 2.05) is 89.1 Å². The lowest BCUT2D eigenvalue weighted by Gasteiger charge is -2.42. The highest BCUT2D eigenvalue weighted by atomic mass is 16.6. The van der Waals surface area contributed by atoms with Crippen molar-refractivity contribution < 1.29 is 47.8 Å². The molecule has 4 unspecified atom stereocenters. The summed E-state index contributed by atoms with van der Waals surface area (Å²) in [6, 6.07) is 45.7. The van der Waals surface area contributed by atoms with E-state index < -0.39 is 0 Å². The van der Waals surface area contributed by atoms with E-state index in [0.717, 1.165) is 199 Å². The number of carbonyl (C=O) groups excluding carboxylic acids is 8. The number of ether oxygens (including phenoxy) is 2. The number of fused-ring (bicyclic) bond motifs is 8. The Kier molecular flexibility index (Phi) is 34.0. The quantitative estimate of drug-likeness (QED) is 0.0686. The number of carbonyl (C=O) groups is 8. The first kappa shape index (κ1) is 101. The Morgan fingerprint density at radius 2 is 0.600 bits per heavy atom. The Morgan fingerprint density at radius 3 is 0.867 bits per heavy atom. The van der Waals surface area contributed by atoms with Gasteiger partial charge in [-0.3, -0.25) is 28.8 Å². The zero-order valence-corrected chi connectivity index (χ0v) is 85.3. The first-order chi connectivity index (χ1) is 64.6. The van der Waals surface area contributed by atoms with Gasteiger partial charge in [0.1, 0.15) is 6.61 Å². The Balaban J connectivity index is 0.000000145. The van der Waals surface area contributed by atoms with E-state index in [1.54, 1.807) is 9.80 Å². The Bertz CT molecular complexity index is 5130. The molecule has 5 aromatic rings. The molecule has 0 saturated heterocycles. The average Bonchev–Trinajstić information content (AvgIpc) is 1.63. The van der Waals surface area contributed by atoms with Crippen LogP contribution < -0.4 is 0 Å². The van der Waals surface area contributed by atoms with Crippen molar-refractivity contribution in [1.82, 2.24) is 39.2 Å². The lowest BCUT2D eigenvalue weighted by Crippen LogP contribution is -2.50. The third-order valence-electron chi connectivity index (χ3n) is 32.2. The van der Waals surface area contributed by atoms with Gasteiger partial charge in [0, 0.05) is 117 Å². The van der Waals surface area contributed by atoms with Gasteiger partial charge < -0.3 is 48.7 Å². The molecule has 4 saturated carbocycles. The highest BCUT2D eigenvalue weighted by Crippen LogP contribution is 2.50. The monoisotopic (exact) mass is 1840 g/mol. The molecule has 4 aliphatic heterocycles. The maximum atomic E-state index is 13.8. The molecule has 135 heavy (non-hydrogen) atoms. The summed E-state index contributed by atoms with van der Waals surface area (Å²) in [4.78, 5) is 120. The van der Waals surface area contributed by atoms with Gasteiger partial charge in [0.25, 0.3) is 0 Å². The standard InChI is InChI=1S/C32H40N2O3.C30H44N2O2.C28H40N2O3.C27H38N2O2/c1-22(2)30-29-19-26-11-7-8-12-27(26)28(29)17-18-34(30)31(35)25-15-13-23(14-16-25)20-33(3)32(36)37-21-24-9-5-4-6-10-24;1-20(2)28-26-17-23-9-7-8-10-24(23)25(26)15-16-32(28)29(34)22-13-11-21(12-14-22)19-31(6)27(33)18-30(3,4)5;1-18(2)26-25-16-22-8-6-7-9-23(22)24(25)14-15-30(26)27(31)21-12-10-20(11-13-21)17-29(5)28(32)33-19(3)4;1-5-25(30)28(4)17-19-10-12-20(13-11-19)27(31)29-15-14-23-22-9-7-6-8-21(22)16-24(23)26(29)18(2)3/h4-12,22-23,25,30H,13-21H2,1-3H3;7-10,20-22,28H,11-19H2,1-6H3;6-9,18-21,26H,10-17H2,1-5H3;6-9,18-20,26H,5,10-17H2,1-4H3. The van der Waals surface area contributed by atoms with Crippen LogP contribution in [-0.2, 0) is 70.5 Å². The minimum atomic E-state index is -0.281. The van der Waals surface area contributed by atoms with E-state index in [0.29, 0.717) is 104 Å². The van der Waals surface area contributed by atoms with Gasteiger partial charge in [-0.1, -0.05) is 210 Å². The Morgan fingerprint density at radius 1 is 0.341 bits per heavy atom. The first-order valence-electron chi connectivity index (χ1n) is 52.4. The van der Waals surface area contributed by atoms with Crippen LogP contribution in [0.25, 0.3) is 22.3 Å². The van der Waals surface area contributed by atoms with E-state index in [4.69, 9.17) is 9.47 Å². The summed E-state index contributed by atoms with van der Waals surface area (Å²) in [5.74, 6) is 5.94. The molecular formula is C117H162N8O10. The largest absolute Gasteiger partial charge is 0.447 e. The lowest BCUT2D eigenvalue weighted by atomic mass is 9.79. The topological polar surface area (TPSA) is 181 Å². The van der Waals surface area contributed by atoms with Crippen molar-refractivity contribution in [2.24, 2.45) is 76.4 Å². The second-order valence-corrected chi connectivity index (χ2v) is 45.0. The van der Waals surface area contributed by atoms with Crippen molar-refractivity contribution in [1.29, 1.82) is 0 Å². The number of hydrogen-bond donors (Lipinski definition) is 0. The second kappa shape index (κ2) is 45.4. The van der Waals surface area contributed by atoms with Crippen molar-refractivity contribution in [3.63, 3.8) is 0 Å². The van der Waals surface area contributed by atoms with E-state index in [2.05, 4.69) is 193 Å². The molecule has 0 N–H and O–H groups in total. The van der Waals surface area contributed by atoms with Crippen molar-refractivity contribution in [2.45, 2.75) is 301 Å². The third-order valence-corrected chi connectivity index (χ3v) is 32.2. The summed E-state index contributed by atoms with van der Waals surface area (Å²) in [5, 5.41) is 0. The zero-order chi connectivity index (χ0) is 96.4. The van der Waals surface area contributed by atoms with Crippen LogP contribution in [0.4, 0.5) is 9.59 Å². The molecule has 4 heterocycles. The second-order valence-electron chi connectivity index (χ2n) is 45.0. The number of amides is 8. The van der Waals surface area contributed by atoms with Crippen molar-refractivity contribution in [2.75, 3.05) is 80.5 Å². The molecule has 17 rings (SSSR count). The minimum Gasteiger partial charge on any atom is -0.447 e. The minimum absolute atomic E-state index is 0.0206. The van der Waals surface area contributed by atoms with Crippen LogP contribution in [0.5, 0.6) is 0 Å². The predicted molar refractivity (Wildman–Crippen MR) is 543 cm³/mol. The molecule has 4 atom stereocenters. The molecule has 730 valence electrons. The van der Waals surface area contributed by atoms with Gasteiger partial charge in [0.2, 0.25) is 35.4 Å². The van der Waals surface area contributed by atoms with Crippen LogP contribution in [0.3, 0.4) is 0 Å². The molecule has 0 radical (unpaired) electrons.